The highest BCUT2D eigenvalue weighted by Crippen LogP contribution is 2.29. The van der Waals surface area contributed by atoms with Crippen molar-refractivity contribution in [2.45, 2.75) is 51.1 Å². The monoisotopic (exact) mass is 239 g/mol. The molecular weight excluding hydrogens is 214 g/mol. The van der Waals surface area contributed by atoms with E-state index in [-0.39, 0.29) is 5.91 Å². The molecule has 1 saturated carbocycles. The van der Waals surface area contributed by atoms with E-state index >= 15 is 0 Å². The number of hydrogen-bond acceptors (Lipinski definition) is 3. The molecule has 98 valence electrons. The van der Waals surface area contributed by atoms with Gasteiger partial charge in [-0.2, -0.15) is 0 Å². The molecule has 2 fully saturated rings. The van der Waals surface area contributed by atoms with Gasteiger partial charge in [-0.05, 0) is 32.2 Å². The number of nitrogens with one attached hydrogen (secondary N) is 2. The van der Waals surface area contributed by atoms with Crippen molar-refractivity contribution >= 4 is 5.91 Å². The van der Waals surface area contributed by atoms with E-state index in [2.05, 4.69) is 22.5 Å². The zero-order chi connectivity index (χ0) is 12.1. The highest BCUT2D eigenvalue weighted by Gasteiger charge is 2.31. The van der Waals surface area contributed by atoms with Gasteiger partial charge in [0.1, 0.15) is 0 Å². The van der Waals surface area contributed by atoms with Crippen molar-refractivity contribution in [3.05, 3.63) is 0 Å². The minimum atomic E-state index is 0.204. The van der Waals surface area contributed by atoms with Gasteiger partial charge in [-0.3, -0.25) is 4.79 Å². The maximum absolute atomic E-state index is 11.6. The molecule has 1 aliphatic heterocycles. The summed E-state index contributed by atoms with van der Waals surface area (Å²) < 4.78 is 0. The van der Waals surface area contributed by atoms with E-state index < -0.39 is 0 Å². The second-order valence-electron chi connectivity index (χ2n) is 5.21. The molecule has 0 aromatic carbocycles. The summed E-state index contributed by atoms with van der Waals surface area (Å²) in [5.41, 5.74) is 0. The van der Waals surface area contributed by atoms with Gasteiger partial charge in [-0.15, -0.1) is 0 Å². The average Bonchev–Trinajstić information content (AvgIpc) is 3.14. The molecule has 2 N–H and O–H groups in total. The lowest BCUT2D eigenvalue weighted by molar-refractivity contribution is -0.122. The Kier molecular flexibility index (Phi) is 4.80. The van der Waals surface area contributed by atoms with Crippen molar-refractivity contribution < 1.29 is 4.79 Å². The summed E-state index contributed by atoms with van der Waals surface area (Å²) in [6.45, 7) is 6.13. The molecule has 0 aromatic rings. The van der Waals surface area contributed by atoms with Crippen LogP contribution in [-0.2, 0) is 4.79 Å². The molecule has 1 aliphatic carbocycles. The predicted octanol–water partition coefficient (Wildman–Crippen LogP) is 0.729. The SMILES string of the molecule is CCNCCC(=O)NC1CCN(C2CC2)CC1. The third-order valence-corrected chi connectivity index (χ3v) is 3.74. The zero-order valence-corrected chi connectivity index (χ0v) is 10.9. The first-order valence-electron chi connectivity index (χ1n) is 7.03. The van der Waals surface area contributed by atoms with E-state index in [1.165, 1.54) is 25.9 Å². The summed E-state index contributed by atoms with van der Waals surface area (Å²) in [4.78, 5) is 14.2. The van der Waals surface area contributed by atoms with Gasteiger partial charge in [0.05, 0.1) is 0 Å². The van der Waals surface area contributed by atoms with E-state index in [9.17, 15) is 4.79 Å². The molecule has 1 amide bonds. The van der Waals surface area contributed by atoms with Gasteiger partial charge >= 0.3 is 0 Å². The molecule has 2 aliphatic rings. The van der Waals surface area contributed by atoms with Crippen LogP contribution in [0.2, 0.25) is 0 Å². The Hall–Kier alpha value is -0.610. The van der Waals surface area contributed by atoms with Gasteiger partial charge in [0.25, 0.3) is 0 Å². The third kappa shape index (κ3) is 4.28. The van der Waals surface area contributed by atoms with Crippen molar-refractivity contribution in [3.63, 3.8) is 0 Å². The maximum atomic E-state index is 11.6. The van der Waals surface area contributed by atoms with Crippen molar-refractivity contribution in [3.8, 4) is 0 Å². The molecule has 0 unspecified atom stereocenters. The van der Waals surface area contributed by atoms with Crippen molar-refractivity contribution in [1.82, 2.24) is 15.5 Å². The Morgan fingerprint density at radius 2 is 1.94 bits per heavy atom. The molecule has 0 atom stereocenters. The van der Waals surface area contributed by atoms with Crippen LogP contribution in [0.4, 0.5) is 0 Å². The van der Waals surface area contributed by atoms with Gasteiger partial charge < -0.3 is 15.5 Å². The zero-order valence-electron chi connectivity index (χ0n) is 10.9. The molecule has 4 nitrogen and oxygen atoms in total. The molecule has 0 radical (unpaired) electrons. The number of carbonyl (C=O) groups excluding carboxylic acids is 1. The summed E-state index contributed by atoms with van der Waals surface area (Å²) in [6.07, 6.45) is 5.64. The molecule has 17 heavy (non-hydrogen) atoms. The second-order valence-corrected chi connectivity index (χ2v) is 5.21. The Labute approximate surface area is 104 Å². The minimum Gasteiger partial charge on any atom is -0.353 e. The lowest BCUT2D eigenvalue weighted by Gasteiger charge is -2.32. The largest absolute Gasteiger partial charge is 0.353 e. The average molecular weight is 239 g/mol. The van der Waals surface area contributed by atoms with Gasteiger partial charge in [0, 0.05) is 38.1 Å². The van der Waals surface area contributed by atoms with Crippen LogP contribution in [0.15, 0.2) is 0 Å². The normalized spacial score (nSPS) is 22.6. The number of hydrogen-bond donors (Lipinski definition) is 2. The number of rotatable bonds is 6. The molecule has 4 heteroatoms. The van der Waals surface area contributed by atoms with E-state index in [0.29, 0.717) is 12.5 Å². The predicted molar refractivity (Wildman–Crippen MR) is 68.9 cm³/mol. The topological polar surface area (TPSA) is 44.4 Å². The smallest absolute Gasteiger partial charge is 0.221 e. The maximum Gasteiger partial charge on any atom is 0.221 e. The van der Waals surface area contributed by atoms with Crippen LogP contribution in [-0.4, -0.2) is 49.1 Å². The van der Waals surface area contributed by atoms with E-state index in [1.807, 2.05) is 0 Å². The first-order valence-corrected chi connectivity index (χ1v) is 7.03. The standard InChI is InChI=1S/C13H25N3O/c1-2-14-8-5-13(17)15-11-6-9-16(10-7-11)12-3-4-12/h11-12,14H,2-10H2,1H3,(H,15,17). The van der Waals surface area contributed by atoms with Crippen molar-refractivity contribution in [2.24, 2.45) is 0 Å². The van der Waals surface area contributed by atoms with Crippen LogP contribution in [0, 0.1) is 0 Å². The first-order chi connectivity index (χ1) is 8.29. The Bertz CT molecular complexity index is 245. The van der Waals surface area contributed by atoms with Gasteiger partial charge in [0.15, 0.2) is 0 Å². The summed E-state index contributed by atoms with van der Waals surface area (Å²) in [5, 5.41) is 6.33. The quantitative estimate of drug-likeness (QED) is 0.672. The number of amides is 1. The third-order valence-electron chi connectivity index (χ3n) is 3.74. The fourth-order valence-corrected chi connectivity index (χ4v) is 2.53. The molecular formula is C13H25N3O. The summed E-state index contributed by atoms with van der Waals surface area (Å²) in [7, 11) is 0. The summed E-state index contributed by atoms with van der Waals surface area (Å²) in [5.74, 6) is 0.204. The van der Waals surface area contributed by atoms with E-state index in [4.69, 9.17) is 0 Å². The number of likely N-dealkylation sites (tertiary alicyclic amines) is 1. The fraction of sp³-hybridized carbons (Fsp3) is 0.923. The van der Waals surface area contributed by atoms with Crippen molar-refractivity contribution in [1.29, 1.82) is 0 Å². The van der Waals surface area contributed by atoms with Gasteiger partial charge in [-0.1, -0.05) is 6.92 Å². The first kappa shape index (κ1) is 12.8. The molecule has 2 rings (SSSR count). The molecule has 0 aromatic heterocycles. The molecule has 0 bridgehead atoms. The Balaban J connectivity index is 1.58. The Morgan fingerprint density at radius 1 is 1.24 bits per heavy atom. The van der Waals surface area contributed by atoms with Crippen LogP contribution in [0.5, 0.6) is 0 Å². The lowest BCUT2D eigenvalue weighted by atomic mass is 10.0. The van der Waals surface area contributed by atoms with Crippen molar-refractivity contribution in [2.75, 3.05) is 26.2 Å². The van der Waals surface area contributed by atoms with Crippen LogP contribution < -0.4 is 10.6 Å². The van der Waals surface area contributed by atoms with Crippen LogP contribution in [0.3, 0.4) is 0 Å². The molecule has 1 heterocycles. The Morgan fingerprint density at radius 3 is 2.53 bits per heavy atom. The highest BCUT2D eigenvalue weighted by molar-refractivity contribution is 5.76. The summed E-state index contributed by atoms with van der Waals surface area (Å²) >= 11 is 0. The fourth-order valence-electron chi connectivity index (χ4n) is 2.53. The highest BCUT2D eigenvalue weighted by atomic mass is 16.1. The summed E-state index contributed by atoms with van der Waals surface area (Å²) in [6, 6.07) is 1.29. The number of carbonyl (C=O) groups is 1. The second kappa shape index (κ2) is 6.36. The minimum absolute atomic E-state index is 0.204. The van der Waals surface area contributed by atoms with Crippen LogP contribution in [0.25, 0.3) is 0 Å². The van der Waals surface area contributed by atoms with E-state index in [0.717, 1.165) is 32.0 Å². The van der Waals surface area contributed by atoms with Crippen LogP contribution >= 0.6 is 0 Å². The van der Waals surface area contributed by atoms with Gasteiger partial charge in [-0.25, -0.2) is 0 Å². The van der Waals surface area contributed by atoms with E-state index in [1.54, 1.807) is 0 Å². The number of nitrogens with zero attached hydrogens (tertiary/aromatic N) is 1. The van der Waals surface area contributed by atoms with Gasteiger partial charge in [0.2, 0.25) is 5.91 Å². The molecule has 1 saturated heterocycles. The molecule has 0 spiro atoms. The number of piperidine rings is 1. The lowest BCUT2D eigenvalue weighted by Crippen LogP contribution is -2.45. The van der Waals surface area contributed by atoms with Crippen LogP contribution in [0.1, 0.15) is 39.0 Å².